The molecule has 6 atom stereocenters. The highest BCUT2D eigenvalue weighted by Gasteiger charge is 2.57. The Labute approximate surface area is 135 Å². The Hall–Kier alpha value is -0.340. The molecule has 0 aromatic carbocycles. The average molecular weight is 304 g/mol. The molecule has 1 heterocycles. The van der Waals surface area contributed by atoms with Crippen molar-refractivity contribution in [2.24, 2.45) is 28.1 Å². The maximum Gasteiger partial charge on any atom is 0.0897 e. The maximum absolute atomic E-state index is 10.9. The second-order valence-electron chi connectivity index (χ2n) is 9.72. The molecule has 124 valence electrons. The summed E-state index contributed by atoms with van der Waals surface area (Å²) in [6.07, 6.45) is 10.1. The van der Waals surface area contributed by atoms with Gasteiger partial charge in [0.1, 0.15) is 0 Å². The molecule has 2 heteroatoms. The Morgan fingerprint density at radius 1 is 1.14 bits per heavy atom. The Morgan fingerprint density at radius 3 is 2.55 bits per heavy atom. The molecule has 0 bridgehead atoms. The van der Waals surface area contributed by atoms with Crippen LogP contribution in [0.1, 0.15) is 66.2 Å². The molecule has 1 saturated heterocycles. The summed E-state index contributed by atoms with van der Waals surface area (Å²) in [6, 6.07) is 0. The molecule has 0 aromatic heterocycles. The van der Waals surface area contributed by atoms with Gasteiger partial charge in [-0.25, -0.2) is 0 Å². The fourth-order valence-electron chi connectivity index (χ4n) is 6.43. The van der Waals surface area contributed by atoms with Crippen molar-refractivity contribution >= 4 is 0 Å². The monoisotopic (exact) mass is 304 g/mol. The normalized spacial score (nSPS) is 53.2. The first-order valence-corrected chi connectivity index (χ1v) is 9.29. The zero-order chi connectivity index (χ0) is 15.8. The zero-order valence-corrected chi connectivity index (χ0v) is 14.7. The first-order chi connectivity index (χ1) is 10.3. The highest BCUT2D eigenvalue weighted by molar-refractivity contribution is 5.29. The summed E-state index contributed by atoms with van der Waals surface area (Å²) in [5.41, 5.74) is 2.29. The molecule has 0 unspecified atom stereocenters. The third-order valence-corrected chi connectivity index (χ3v) is 7.86. The van der Waals surface area contributed by atoms with Crippen molar-refractivity contribution in [2.45, 2.75) is 78.4 Å². The van der Waals surface area contributed by atoms with E-state index in [-0.39, 0.29) is 11.5 Å². The van der Waals surface area contributed by atoms with E-state index in [1.165, 1.54) is 37.7 Å². The molecule has 4 aliphatic rings. The van der Waals surface area contributed by atoms with Crippen LogP contribution < -0.4 is 0 Å². The molecule has 0 amide bonds. The molecular formula is C20H32O2. The maximum atomic E-state index is 10.9. The van der Waals surface area contributed by atoms with E-state index in [4.69, 9.17) is 4.74 Å². The molecule has 22 heavy (non-hydrogen) atoms. The Kier molecular flexibility index (Phi) is 3.18. The number of rotatable bonds is 1. The van der Waals surface area contributed by atoms with Crippen LogP contribution in [0.2, 0.25) is 0 Å². The van der Waals surface area contributed by atoms with Gasteiger partial charge in [-0.05, 0) is 60.3 Å². The number of ether oxygens (including phenoxy) is 1. The van der Waals surface area contributed by atoms with Crippen molar-refractivity contribution in [1.82, 2.24) is 0 Å². The van der Waals surface area contributed by atoms with Gasteiger partial charge in [-0.3, -0.25) is 0 Å². The molecular weight excluding hydrogens is 272 g/mol. The van der Waals surface area contributed by atoms with E-state index in [1.54, 1.807) is 0 Å². The fraction of sp³-hybridized carbons (Fsp3) is 0.900. The largest absolute Gasteiger partial charge is 0.389 e. The SMILES string of the molecule is CC1(C)CCC[C@@]2(C)[C@@H]3CC[C@@](C)([C@H]4CO4)C=C3[C@@H](O)C[C@H]12. The molecule has 1 aliphatic heterocycles. The Balaban J connectivity index is 1.72. The number of epoxide rings is 1. The van der Waals surface area contributed by atoms with E-state index >= 15 is 0 Å². The minimum absolute atomic E-state index is 0.167. The van der Waals surface area contributed by atoms with Gasteiger partial charge in [0.05, 0.1) is 18.8 Å². The van der Waals surface area contributed by atoms with Gasteiger partial charge in [0.15, 0.2) is 0 Å². The van der Waals surface area contributed by atoms with Crippen LogP contribution in [0.3, 0.4) is 0 Å². The number of fused-ring (bicyclic) bond motifs is 3. The first-order valence-electron chi connectivity index (χ1n) is 9.29. The van der Waals surface area contributed by atoms with Gasteiger partial charge in [0.25, 0.3) is 0 Å². The molecule has 4 rings (SSSR count). The molecule has 2 nitrogen and oxygen atoms in total. The summed E-state index contributed by atoms with van der Waals surface area (Å²) < 4.78 is 5.60. The highest BCUT2D eigenvalue weighted by Crippen LogP contribution is 2.64. The molecule has 3 fully saturated rings. The van der Waals surface area contributed by atoms with E-state index in [0.29, 0.717) is 28.8 Å². The van der Waals surface area contributed by atoms with Crippen molar-refractivity contribution in [1.29, 1.82) is 0 Å². The first kappa shape index (κ1) is 15.2. The van der Waals surface area contributed by atoms with Gasteiger partial charge >= 0.3 is 0 Å². The standard InChI is InChI=1S/C20H32O2/c1-18(2)7-5-8-20(4)14-6-9-19(3,17-12-22-17)11-13(14)15(21)10-16(18)20/h11,14-17,21H,5-10,12H2,1-4H3/t14-,15+,16-,17-,19-,20+/m1/s1. The lowest BCUT2D eigenvalue weighted by molar-refractivity contribution is -0.0898. The van der Waals surface area contributed by atoms with E-state index < -0.39 is 0 Å². The number of aliphatic hydroxyl groups excluding tert-OH is 1. The van der Waals surface area contributed by atoms with Crippen molar-refractivity contribution in [3.8, 4) is 0 Å². The minimum atomic E-state index is -0.223. The number of aliphatic hydroxyl groups is 1. The second kappa shape index (κ2) is 4.60. The third-order valence-electron chi connectivity index (χ3n) is 7.86. The second-order valence-corrected chi connectivity index (χ2v) is 9.72. The Bertz CT molecular complexity index is 504. The van der Waals surface area contributed by atoms with Gasteiger partial charge in [-0.15, -0.1) is 0 Å². The zero-order valence-electron chi connectivity index (χ0n) is 14.7. The van der Waals surface area contributed by atoms with Gasteiger partial charge in [-0.2, -0.15) is 0 Å². The quantitative estimate of drug-likeness (QED) is 0.578. The van der Waals surface area contributed by atoms with E-state index in [2.05, 4.69) is 33.8 Å². The fourth-order valence-corrected chi connectivity index (χ4v) is 6.43. The third kappa shape index (κ3) is 2.06. The topological polar surface area (TPSA) is 32.8 Å². The lowest BCUT2D eigenvalue weighted by Gasteiger charge is -2.60. The van der Waals surface area contributed by atoms with Gasteiger partial charge in [0.2, 0.25) is 0 Å². The van der Waals surface area contributed by atoms with Crippen LogP contribution in [-0.4, -0.2) is 23.9 Å². The van der Waals surface area contributed by atoms with Crippen LogP contribution in [0.25, 0.3) is 0 Å². The molecule has 1 N–H and O–H groups in total. The van der Waals surface area contributed by atoms with E-state index in [9.17, 15) is 5.11 Å². The lowest BCUT2D eigenvalue weighted by Crippen LogP contribution is -2.54. The van der Waals surface area contributed by atoms with E-state index in [0.717, 1.165) is 13.0 Å². The van der Waals surface area contributed by atoms with E-state index in [1.807, 2.05) is 0 Å². The van der Waals surface area contributed by atoms with Crippen LogP contribution >= 0.6 is 0 Å². The van der Waals surface area contributed by atoms with Gasteiger partial charge < -0.3 is 9.84 Å². The van der Waals surface area contributed by atoms with Crippen molar-refractivity contribution in [3.05, 3.63) is 11.6 Å². The molecule has 0 spiro atoms. The highest BCUT2D eigenvalue weighted by atomic mass is 16.6. The summed E-state index contributed by atoms with van der Waals surface area (Å²) in [6.45, 7) is 10.6. The summed E-state index contributed by atoms with van der Waals surface area (Å²) in [5, 5.41) is 10.9. The predicted molar refractivity (Wildman–Crippen MR) is 88.5 cm³/mol. The minimum Gasteiger partial charge on any atom is -0.389 e. The van der Waals surface area contributed by atoms with Crippen LogP contribution in [0, 0.1) is 28.1 Å². The lowest BCUT2D eigenvalue weighted by atomic mass is 9.45. The van der Waals surface area contributed by atoms with Crippen LogP contribution in [0.15, 0.2) is 11.6 Å². The van der Waals surface area contributed by atoms with Crippen LogP contribution in [-0.2, 0) is 4.74 Å². The van der Waals surface area contributed by atoms with Crippen molar-refractivity contribution in [2.75, 3.05) is 6.61 Å². The van der Waals surface area contributed by atoms with Gasteiger partial charge in [0, 0.05) is 5.41 Å². The van der Waals surface area contributed by atoms with Crippen LogP contribution in [0.4, 0.5) is 0 Å². The van der Waals surface area contributed by atoms with Crippen LogP contribution in [0.5, 0.6) is 0 Å². The smallest absolute Gasteiger partial charge is 0.0897 e. The molecule has 2 saturated carbocycles. The number of hydrogen-bond donors (Lipinski definition) is 1. The summed E-state index contributed by atoms with van der Waals surface area (Å²) >= 11 is 0. The molecule has 0 aromatic rings. The molecule has 0 radical (unpaired) electrons. The Morgan fingerprint density at radius 2 is 1.86 bits per heavy atom. The number of hydrogen-bond acceptors (Lipinski definition) is 2. The summed E-state index contributed by atoms with van der Waals surface area (Å²) in [5.74, 6) is 1.25. The average Bonchev–Trinajstić information content (AvgIpc) is 3.26. The predicted octanol–water partition coefficient (Wildman–Crippen LogP) is 4.33. The molecule has 3 aliphatic carbocycles. The van der Waals surface area contributed by atoms with Crippen molar-refractivity contribution in [3.63, 3.8) is 0 Å². The summed E-state index contributed by atoms with van der Waals surface area (Å²) in [7, 11) is 0. The summed E-state index contributed by atoms with van der Waals surface area (Å²) in [4.78, 5) is 0. The van der Waals surface area contributed by atoms with Crippen molar-refractivity contribution < 1.29 is 9.84 Å². The van der Waals surface area contributed by atoms with Gasteiger partial charge in [-0.1, -0.05) is 40.2 Å².